The van der Waals surface area contributed by atoms with Gasteiger partial charge in [0.2, 0.25) is 0 Å². The maximum atomic E-state index is 11.9. The average Bonchev–Trinajstić information content (AvgIpc) is 2.55. The first-order chi connectivity index (χ1) is 12.7. The van der Waals surface area contributed by atoms with Crippen molar-refractivity contribution in [3.05, 3.63) is 28.8 Å². The molecule has 0 aromatic heterocycles. The maximum absolute atomic E-state index is 11.9. The first-order valence-electron chi connectivity index (χ1n) is 9.33. The Bertz CT molecular complexity index is 707. The number of aromatic hydroxyl groups is 1. The highest BCUT2D eigenvalue weighted by Crippen LogP contribution is 2.39. The summed E-state index contributed by atoms with van der Waals surface area (Å²) < 4.78 is 5.06. The van der Waals surface area contributed by atoms with E-state index in [0.29, 0.717) is 12.2 Å². The number of carbonyl (C=O) groups excluding carboxylic acids is 3. The molecule has 0 saturated carbocycles. The Balaban J connectivity index is 2.77. The molecule has 0 unspecified atom stereocenters. The van der Waals surface area contributed by atoms with Crippen LogP contribution in [0.15, 0.2) is 12.1 Å². The van der Waals surface area contributed by atoms with Gasteiger partial charge >= 0.3 is 17.8 Å². The topological polar surface area (TPSA) is 119 Å². The van der Waals surface area contributed by atoms with Gasteiger partial charge in [-0.2, -0.15) is 0 Å². The number of nitrogens with one attached hydrogen (secondary N) is 1. The molecule has 0 atom stereocenters. The van der Waals surface area contributed by atoms with Crippen molar-refractivity contribution in [3.8, 4) is 5.75 Å². The van der Waals surface area contributed by atoms with Crippen LogP contribution in [0.3, 0.4) is 0 Å². The van der Waals surface area contributed by atoms with Gasteiger partial charge in [0.15, 0.2) is 0 Å². The molecule has 0 spiro atoms. The number of amides is 2. The van der Waals surface area contributed by atoms with E-state index in [-0.39, 0.29) is 30.4 Å². The number of phenols is 1. The van der Waals surface area contributed by atoms with Crippen LogP contribution in [0.5, 0.6) is 5.75 Å². The van der Waals surface area contributed by atoms with Gasteiger partial charge in [0.25, 0.3) is 0 Å². The minimum absolute atomic E-state index is 0.0229. The number of benzene rings is 1. The third kappa shape index (κ3) is 6.87. The summed E-state index contributed by atoms with van der Waals surface area (Å²) in [6.07, 6.45) is 0.640. The highest BCUT2D eigenvalue weighted by atomic mass is 16.5. The van der Waals surface area contributed by atoms with Crippen molar-refractivity contribution in [1.82, 2.24) is 5.32 Å². The van der Waals surface area contributed by atoms with E-state index in [9.17, 15) is 19.5 Å². The van der Waals surface area contributed by atoms with Crippen LogP contribution in [0.1, 0.15) is 64.7 Å². The SMILES string of the molecule is CC(C)(C)c1cc(CCC(=O)OCCNC(=O)C(N)=O)cc(C(C)(C)C)c1O. The number of hydrogen-bond donors (Lipinski definition) is 3. The van der Waals surface area contributed by atoms with E-state index < -0.39 is 17.8 Å². The highest BCUT2D eigenvalue weighted by Gasteiger charge is 2.26. The summed E-state index contributed by atoms with van der Waals surface area (Å²) in [5.41, 5.74) is 6.98. The lowest BCUT2D eigenvalue weighted by Crippen LogP contribution is -2.37. The molecule has 1 aromatic carbocycles. The summed E-state index contributed by atoms with van der Waals surface area (Å²) in [5.74, 6) is -2.10. The lowest BCUT2D eigenvalue weighted by Gasteiger charge is -2.28. The van der Waals surface area contributed by atoms with Gasteiger partial charge in [-0.3, -0.25) is 14.4 Å². The Morgan fingerprint density at radius 3 is 1.96 bits per heavy atom. The molecule has 2 amide bonds. The van der Waals surface area contributed by atoms with Gasteiger partial charge in [-0.1, -0.05) is 53.7 Å². The van der Waals surface area contributed by atoms with Crippen LogP contribution < -0.4 is 11.1 Å². The first-order valence-corrected chi connectivity index (χ1v) is 9.33. The molecule has 0 aliphatic carbocycles. The van der Waals surface area contributed by atoms with Crippen LogP contribution >= 0.6 is 0 Å². The van der Waals surface area contributed by atoms with E-state index in [0.717, 1.165) is 16.7 Å². The van der Waals surface area contributed by atoms with Gasteiger partial charge in [-0.25, -0.2) is 0 Å². The average molecular weight is 392 g/mol. The molecular weight excluding hydrogens is 360 g/mol. The molecule has 0 aliphatic heterocycles. The van der Waals surface area contributed by atoms with Crippen LogP contribution in [-0.4, -0.2) is 36.0 Å². The molecule has 0 saturated heterocycles. The molecule has 1 aromatic rings. The van der Waals surface area contributed by atoms with Gasteiger partial charge < -0.3 is 20.9 Å². The summed E-state index contributed by atoms with van der Waals surface area (Å²) in [6.45, 7) is 12.2. The molecular formula is C21H32N2O5. The molecule has 0 radical (unpaired) electrons. The normalized spacial score (nSPS) is 11.8. The Hall–Kier alpha value is -2.57. The van der Waals surface area contributed by atoms with Crippen LogP contribution in [0, 0.1) is 0 Å². The molecule has 7 heteroatoms. The van der Waals surface area contributed by atoms with E-state index in [1.54, 1.807) is 0 Å². The quantitative estimate of drug-likeness (QED) is 0.389. The standard InChI is InChI=1S/C21H32N2O5/c1-20(2,3)14-11-13(12-15(17(14)25)21(4,5)6)7-8-16(24)28-10-9-23-19(27)18(22)26/h11-12,25H,7-10H2,1-6H3,(H2,22,26)(H,23,27). The van der Waals surface area contributed by atoms with Gasteiger partial charge in [-0.15, -0.1) is 0 Å². The predicted molar refractivity (Wildman–Crippen MR) is 107 cm³/mol. The van der Waals surface area contributed by atoms with E-state index in [1.165, 1.54) is 0 Å². The molecule has 4 N–H and O–H groups in total. The summed E-state index contributed by atoms with van der Waals surface area (Å²) in [5, 5.41) is 13.0. The van der Waals surface area contributed by atoms with Crippen LogP contribution in [0.4, 0.5) is 0 Å². The number of nitrogens with two attached hydrogens (primary N) is 1. The number of aryl methyl sites for hydroxylation is 1. The minimum atomic E-state index is -1.08. The monoisotopic (exact) mass is 392 g/mol. The van der Waals surface area contributed by atoms with Crippen molar-refractivity contribution < 1.29 is 24.2 Å². The fraction of sp³-hybridized carbons (Fsp3) is 0.571. The van der Waals surface area contributed by atoms with Crippen LogP contribution in [0.25, 0.3) is 0 Å². The van der Waals surface area contributed by atoms with Crippen molar-refractivity contribution in [2.75, 3.05) is 13.2 Å². The number of primary amides is 1. The fourth-order valence-corrected chi connectivity index (χ4v) is 2.72. The van der Waals surface area contributed by atoms with Crippen LogP contribution in [0.2, 0.25) is 0 Å². The lowest BCUT2D eigenvalue weighted by atomic mass is 9.78. The molecule has 0 fully saturated rings. The number of hydrogen-bond acceptors (Lipinski definition) is 5. The summed E-state index contributed by atoms with van der Waals surface area (Å²) in [6, 6.07) is 3.87. The molecule has 0 aliphatic rings. The third-order valence-electron chi connectivity index (χ3n) is 4.28. The van der Waals surface area contributed by atoms with Gasteiger partial charge in [0, 0.05) is 6.42 Å². The zero-order valence-electron chi connectivity index (χ0n) is 17.6. The minimum Gasteiger partial charge on any atom is -0.507 e. The van der Waals surface area contributed by atoms with E-state index in [2.05, 4.69) is 5.32 Å². The zero-order chi connectivity index (χ0) is 21.7. The lowest BCUT2D eigenvalue weighted by molar-refractivity contribution is -0.144. The summed E-state index contributed by atoms with van der Waals surface area (Å²) in [4.78, 5) is 33.5. The van der Waals surface area contributed by atoms with Gasteiger partial charge in [-0.05, 0) is 33.9 Å². The third-order valence-corrected chi connectivity index (χ3v) is 4.28. The van der Waals surface area contributed by atoms with E-state index >= 15 is 0 Å². The summed E-state index contributed by atoms with van der Waals surface area (Å²) in [7, 11) is 0. The van der Waals surface area contributed by atoms with Crippen molar-refractivity contribution in [3.63, 3.8) is 0 Å². The Morgan fingerprint density at radius 2 is 1.54 bits per heavy atom. The molecule has 1 rings (SSSR count). The second-order valence-electron chi connectivity index (χ2n) is 8.88. The second-order valence-corrected chi connectivity index (χ2v) is 8.88. The van der Waals surface area contributed by atoms with Gasteiger partial charge in [0.1, 0.15) is 12.4 Å². The predicted octanol–water partition coefficient (Wildman–Crippen LogP) is 2.06. The largest absolute Gasteiger partial charge is 0.507 e. The number of carbonyl (C=O) groups is 3. The Labute approximate surface area is 166 Å². The Kier molecular flexibility index (Phi) is 7.61. The fourth-order valence-electron chi connectivity index (χ4n) is 2.72. The number of esters is 1. The van der Waals surface area contributed by atoms with Gasteiger partial charge in [0.05, 0.1) is 6.54 Å². The molecule has 7 nitrogen and oxygen atoms in total. The maximum Gasteiger partial charge on any atom is 0.309 e. The molecule has 0 heterocycles. The number of rotatable bonds is 6. The Morgan fingerprint density at radius 1 is 1.04 bits per heavy atom. The van der Waals surface area contributed by atoms with Crippen molar-refractivity contribution in [2.45, 2.75) is 65.2 Å². The van der Waals surface area contributed by atoms with Crippen molar-refractivity contribution in [1.29, 1.82) is 0 Å². The highest BCUT2D eigenvalue weighted by molar-refractivity contribution is 6.34. The van der Waals surface area contributed by atoms with E-state index in [4.69, 9.17) is 10.5 Å². The molecule has 156 valence electrons. The zero-order valence-corrected chi connectivity index (χ0v) is 17.6. The van der Waals surface area contributed by atoms with Crippen molar-refractivity contribution in [2.24, 2.45) is 5.73 Å². The first kappa shape index (κ1) is 23.5. The molecule has 28 heavy (non-hydrogen) atoms. The summed E-state index contributed by atoms with van der Waals surface area (Å²) >= 11 is 0. The smallest absolute Gasteiger partial charge is 0.309 e. The van der Waals surface area contributed by atoms with E-state index in [1.807, 2.05) is 53.7 Å². The molecule has 0 bridgehead atoms. The van der Waals surface area contributed by atoms with Crippen molar-refractivity contribution >= 4 is 17.8 Å². The number of phenolic OH excluding ortho intramolecular Hbond substituents is 1. The second kappa shape index (κ2) is 9.08. The number of ether oxygens (including phenoxy) is 1. The van der Waals surface area contributed by atoms with Crippen LogP contribution in [-0.2, 0) is 36.4 Å².